The number of rotatable bonds is 5. The number of fused-ring (bicyclic) bond motifs is 1. The monoisotopic (exact) mass is 364 g/mol. The van der Waals surface area contributed by atoms with E-state index in [1.165, 1.54) is 6.07 Å². The Morgan fingerprint density at radius 3 is 2.60 bits per heavy atom. The fourth-order valence-corrected chi connectivity index (χ4v) is 3.59. The highest BCUT2D eigenvalue weighted by Gasteiger charge is 2.22. The van der Waals surface area contributed by atoms with Crippen LogP contribution in [0.2, 0.25) is 0 Å². The molecule has 2 aromatic carbocycles. The lowest BCUT2D eigenvalue weighted by Gasteiger charge is -2.10. The molecule has 2 aromatic rings. The molecule has 0 fully saturated rings. The molecule has 25 heavy (non-hydrogen) atoms. The van der Waals surface area contributed by atoms with Gasteiger partial charge in [-0.15, -0.1) is 0 Å². The van der Waals surface area contributed by atoms with E-state index < -0.39 is 14.9 Å². The van der Waals surface area contributed by atoms with Gasteiger partial charge in [0.2, 0.25) is 16.8 Å². The van der Waals surface area contributed by atoms with Gasteiger partial charge in [-0.2, -0.15) is 0 Å². The van der Waals surface area contributed by atoms with Gasteiger partial charge < -0.3 is 9.47 Å². The van der Waals surface area contributed by atoms with Crippen molar-refractivity contribution in [3.8, 4) is 11.5 Å². The molecule has 0 saturated carbocycles. The Bertz CT molecular complexity index is 955. The van der Waals surface area contributed by atoms with E-state index in [2.05, 4.69) is 4.72 Å². The van der Waals surface area contributed by atoms with Crippen LogP contribution in [0.4, 0.5) is 5.69 Å². The van der Waals surface area contributed by atoms with Crippen LogP contribution in [0.15, 0.2) is 35.2 Å². The first-order valence-corrected chi connectivity index (χ1v) is 8.90. The Hall–Kier alpha value is -2.65. The van der Waals surface area contributed by atoms with Crippen LogP contribution in [0.5, 0.6) is 11.5 Å². The summed E-state index contributed by atoms with van der Waals surface area (Å²) < 4.78 is 37.9. The SMILES string of the molecule is Cc1cc(S(=O)(=O)NCc2ccc3c(c2)OCO3)cc([N+](=O)[O-])c1C. The predicted molar refractivity (Wildman–Crippen MR) is 89.2 cm³/mol. The van der Waals surface area contributed by atoms with Crippen LogP contribution in [-0.2, 0) is 16.6 Å². The largest absolute Gasteiger partial charge is 0.454 e. The Morgan fingerprint density at radius 2 is 1.88 bits per heavy atom. The van der Waals surface area contributed by atoms with Crippen LogP contribution in [0.25, 0.3) is 0 Å². The van der Waals surface area contributed by atoms with Crippen LogP contribution in [0, 0.1) is 24.0 Å². The number of hydrogen-bond donors (Lipinski definition) is 1. The zero-order chi connectivity index (χ0) is 18.2. The van der Waals surface area contributed by atoms with Gasteiger partial charge in [-0.25, -0.2) is 13.1 Å². The average molecular weight is 364 g/mol. The van der Waals surface area contributed by atoms with Gasteiger partial charge in [0.15, 0.2) is 11.5 Å². The van der Waals surface area contributed by atoms with Gasteiger partial charge in [-0.1, -0.05) is 6.07 Å². The molecular formula is C16H16N2O6S. The highest BCUT2D eigenvalue weighted by Crippen LogP contribution is 2.32. The first-order chi connectivity index (χ1) is 11.8. The minimum atomic E-state index is -3.89. The van der Waals surface area contributed by atoms with E-state index in [1.807, 2.05) is 0 Å². The zero-order valence-electron chi connectivity index (χ0n) is 13.6. The van der Waals surface area contributed by atoms with Crippen LogP contribution >= 0.6 is 0 Å². The summed E-state index contributed by atoms with van der Waals surface area (Å²) in [5.41, 5.74) is 1.45. The number of benzene rings is 2. The number of sulfonamides is 1. The summed E-state index contributed by atoms with van der Waals surface area (Å²) >= 11 is 0. The van der Waals surface area contributed by atoms with E-state index in [4.69, 9.17) is 9.47 Å². The summed E-state index contributed by atoms with van der Waals surface area (Å²) in [4.78, 5) is 10.4. The second-order valence-corrected chi connectivity index (χ2v) is 7.42. The number of nitrogens with zero attached hydrogens (tertiary/aromatic N) is 1. The minimum absolute atomic E-state index is 0.0275. The van der Waals surface area contributed by atoms with Crippen molar-refractivity contribution in [2.75, 3.05) is 6.79 Å². The Morgan fingerprint density at radius 1 is 1.16 bits per heavy atom. The number of hydrogen-bond acceptors (Lipinski definition) is 6. The number of nitro benzene ring substituents is 1. The molecule has 1 aliphatic heterocycles. The third-order valence-corrected chi connectivity index (χ3v) is 5.40. The molecule has 0 saturated heterocycles. The molecule has 0 atom stereocenters. The van der Waals surface area contributed by atoms with Crippen molar-refractivity contribution < 1.29 is 22.8 Å². The van der Waals surface area contributed by atoms with Crippen molar-refractivity contribution in [1.29, 1.82) is 0 Å². The van der Waals surface area contributed by atoms with Crippen LogP contribution in [0.1, 0.15) is 16.7 Å². The molecule has 1 aliphatic rings. The van der Waals surface area contributed by atoms with Gasteiger partial charge in [-0.05, 0) is 43.2 Å². The third kappa shape index (κ3) is 3.42. The van der Waals surface area contributed by atoms with Crippen LogP contribution in [0.3, 0.4) is 0 Å². The lowest BCUT2D eigenvalue weighted by molar-refractivity contribution is -0.385. The number of aryl methyl sites for hydroxylation is 1. The van der Waals surface area contributed by atoms with Gasteiger partial charge >= 0.3 is 0 Å². The molecule has 132 valence electrons. The quantitative estimate of drug-likeness (QED) is 0.645. The standard InChI is InChI=1S/C16H16N2O6S/c1-10-5-13(7-14(11(10)2)18(19)20)25(21,22)17-8-12-3-4-15-16(6-12)24-9-23-15/h3-7,17H,8-9H2,1-2H3. The maximum absolute atomic E-state index is 12.5. The van der Waals surface area contributed by atoms with Gasteiger partial charge in [0, 0.05) is 18.2 Å². The van der Waals surface area contributed by atoms with Crippen molar-refractivity contribution in [3.05, 3.63) is 57.1 Å². The fraction of sp³-hybridized carbons (Fsp3) is 0.250. The summed E-state index contributed by atoms with van der Waals surface area (Å²) in [7, 11) is -3.89. The van der Waals surface area contributed by atoms with E-state index >= 15 is 0 Å². The minimum Gasteiger partial charge on any atom is -0.454 e. The van der Waals surface area contributed by atoms with Crippen LogP contribution in [-0.4, -0.2) is 20.1 Å². The van der Waals surface area contributed by atoms with Gasteiger partial charge in [0.05, 0.1) is 9.82 Å². The van der Waals surface area contributed by atoms with Crippen molar-refractivity contribution >= 4 is 15.7 Å². The maximum atomic E-state index is 12.5. The molecule has 9 heteroatoms. The number of nitro groups is 1. The molecule has 0 aromatic heterocycles. The maximum Gasteiger partial charge on any atom is 0.273 e. The number of nitrogens with one attached hydrogen (secondary N) is 1. The molecule has 1 heterocycles. The molecule has 0 aliphatic carbocycles. The van der Waals surface area contributed by atoms with Crippen LogP contribution < -0.4 is 14.2 Å². The first kappa shape index (κ1) is 17.2. The van der Waals surface area contributed by atoms with Crippen molar-refractivity contribution in [3.63, 3.8) is 0 Å². The Labute approximate surface area is 144 Å². The molecule has 0 unspecified atom stereocenters. The molecule has 0 radical (unpaired) electrons. The van der Waals surface area contributed by atoms with E-state index in [0.29, 0.717) is 28.2 Å². The molecule has 8 nitrogen and oxygen atoms in total. The molecule has 3 rings (SSSR count). The smallest absolute Gasteiger partial charge is 0.273 e. The molecule has 0 spiro atoms. The van der Waals surface area contributed by atoms with Gasteiger partial charge in [0.25, 0.3) is 5.69 Å². The Kier molecular flexibility index (Phi) is 4.36. The van der Waals surface area contributed by atoms with Gasteiger partial charge in [0.1, 0.15) is 0 Å². The first-order valence-electron chi connectivity index (χ1n) is 7.42. The van der Waals surface area contributed by atoms with E-state index in [1.54, 1.807) is 32.0 Å². The summed E-state index contributed by atoms with van der Waals surface area (Å²) in [6.45, 7) is 3.39. The summed E-state index contributed by atoms with van der Waals surface area (Å²) in [5, 5.41) is 11.1. The topological polar surface area (TPSA) is 108 Å². The number of ether oxygens (including phenoxy) is 2. The second kappa shape index (κ2) is 6.34. The molecule has 1 N–H and O–H groups in total. The predicted octanol–water partition coefficient (Wildman–Crippen LogP) is 2.42. The van der Waals surface area contributed by atoms with Crippen molar-refractivity contribution in [2.45, 2.75) is 25.3 Å². The van der Waals surface area contributed by atoms with E-state index in [0.717, 1.165) is 6.07 Å². The van der Waals surface area contributed by atoms with E-state index in [9.17, 15) is 18.5 Å². The molecule has 0 bridgehead atoms. The van der Waals surface area contributed by atoms with E-state index in [-0.39, 0.29) is 23.9 Å². The second-order valence-electron chi connectivity index (χ2n) is 5.65. The highest BCUT2D eigenvalue weighted by atomic mass is 32.2. The molecule has 0 amide bonds. The summed E-state index contributed by atoms with van der Waals surface area (Å²) in [6.07, 6.45) is 0. The lowest BCUT2D eigenvalue weighted by Crippen LogP contribution is -2.23. The molecular weight excluding hydrogens is 348 g/mol. The van der Waals surface area contributed by atoms with Crippen molar-refractivity contribution in [2.24, 2.45) is 0 Å². The summed E-state index contributed by atoms with van der Waals surface area (Å²) in [5.74, 6) is 1.16. The normalized spacial score (nSPS) is 13.0. The Balaban J connectivity index is 1.84. The van der Waals surface area contributed by atoms with Gasteiger partial charge in [-0.3, -0.25) is 10.1 Å². The zero-order valence-corrected chi connectivity index (χ0v) is 14.4. The fourth-order valence-electron chi connectivity index (χ4n) is 2.47. The highest BCUT2D eigenvalue weighted by molar-refractivity contribution is 7.89. The average Bonchev–Trinajstić information content (AvgIpc) is 3.02. The lowest BCUT2D eigenvalue weighted by atomic mass is 10.1. The van der Waals surface area contributed by atoms with Crippen molar-refractivity contribution in [1.82, 2.24) is 4.72 Å². The summed E-state index contributed by atoms with van der Waals surface area (Å²) in [6, 6.07) is 7.61. The third-order valence-electron chi connectivity index (χ3n) is 4.02.